The zero-order valence-electron chi connectivity index (χ0n) is 11.4. The summed E-state index contributed by atoms with van der Waals surface area (Å²) in [6.45, 7) is 0. The number of benzene rings is 1. The number of halogens is 1. The van der Waals surface area contributed by atoms with Gasteiger partial charge in [0.1, 0.15) is 5.82 Å². The molecule has 1 fully saturated rings. The number of hydrogen-bond donors (Lipinski definition) is 0. The molecule has 4 rings (SSSR count). The highest BCUT2D eigenvalue weighted by atomic mass is 19.1. The van der Waals surface area contributed by atoms with Crippen LogP contribution in [-0.2, 0) is 0 Å². The molecule has 0 unspecified atom stereocenters. The van der Waals surface area contributed by atoms with Crippen LogP contribution in [0.5, 0.6) is 0 Å². The highest BCUT2D eigenvalue weighted by molar-refractivity contribution is 5.62. The van der Waals surface area contributed by atoms with Crippen molar-refractivity contribution in [3.8, 4) is 16.9 Å². The van der Waals surface area contributed by atoms with Gasteiger partial charge in [-0.3, -0.25) is 4.98 Å². The zero-order chi connectivity index (χ0) is 14.2. The highest BCUT2D eigenvalue weighted by Crippen LogP contribution is 2.41. The van der Waals surface area contributed by atoms with E-state index in [0.29, 0.717) is 5.92 Å². The minimum atomic E-state index is -0.237. The van der Waals surface area contributed by atoms with Crippen LogP contribution in [0.15, 0.2) is 54.9 Å². The van der Waals surface area contributed by atoms with Gasteiger partial charge in [-0.1, -0.05) is 0 Å². The van der Waals surface area contributed by atoms with Gasteiger partial charge in [0.15, 0.2) is 0 Å². The second-order valence-electron chi connectivity index (χ2n) is 5.35. The summed E-state index contributed by atoms with van der Waals surface area (Å²) in [4.78, 5) is 4.06. The number of nitrogens with zero attached hydrogens (tertiary/aromatic N) is 3. The Labute approximate surface area is 122 Å². The second kappa shape index (κ2) is 4.81. The predicted octanol–water partition coefficient (Wildman–Crippen LogP) is 3.95. The van der Waals surface area contributed by atoms with Crippen LogP contribution < -0.4 is 0 Å². The molecule has 104 valence electrons. The largest absolute Gasteiger partial charge is 0.265 e. The molecular formula is C17H14FN3. The molecule has 1 saturated carbocycles. The topological polar surface area (TPSA) is 30.7 Å². The highest BCUT2D eigenvalue weighted by Gasteiger charge is 2.27. The number of hydrogen-bond acceptors (Lipinski definition) is 2. The first-order chi connectivity index (χ1) is 10.3. The molecule has 0 radical (unpaired) electrons. The smallest absolute Gasteiger partial charge is 0.123 e. The number of pyridine rings is 1. The van der Waals surface area contributed by atoms with E-state index < -0.39 is 0 Å². The summed E-state index contributed by atoms with van der Waals surface area (Å²) in [7, 11) is 0. The minimum absolute atomic E-state index is 0.237. The number of aromatic nitrogens is 3. The third-order valence-corrected chi connectivity index (χ3v) is 3.77. The van der Waals surface area contributed by atoms with Crippen LogP contribution in [-0.4, -0.2) is 14.8 Å². The first-order valence-corrected chi connectivity index (χ1v) is 7.07. The Balaban J connectivity index is 1.86. The molecule has 2 heterocycles. The van der Waals surface area contributed by atoms with E-state index in [-0.39, 0.29) is 5.82 Å². The summed E-state index contributed by atoms with van der Waals surface area (Å²) in [5.74, 6) is 0.339. The Kier molecular flexibility index (Phi) is 2.81. The maximum Gasteiger partial charge on any atom is 0.123 e. The molecule has 21 heavy (non-hydrogen) atoms. The van der Waals surface area contributed by atoms with Gasteiger partial charge in [0.05, 0.1) is 17.1 Å². The van der Waals surface area contributed by atoms with Gasteiger partial charge in [-0.2, -0.15) is 5.10 Å². The Hall–Kier alpha value is -2.49. The van der Waals surface area contributed by atoms with Crippen LogP contribution in [0, 0.1) is 5.82 Å². The van der Waals surface area contributed by atoms with Gasteiger partial charge in [0.2, 0.25) is 0 Å². The summed E-state index contributed by atoms with van der Waals surface area (Å²) in [5.41, 5.74) is 4.07. The van der Waals surface area contributed by atoms with Crippen LogP contribution in [0.4, 0.5) is 4.39 Å². The molecule has 1 aliphatic carbocycles. The lowest BCUT2D eigenvalue weighted by molar-refractivity contribution is 0.627. The monoisotopic (exact) mass is 279 g/mol. The van der Waals surface area contributed by atoms with Crippen molar-refractivity contribution < 1.29 is 4.39 Å². The molecule has 0 aliphatic heterocycles. The summed E-state index contributed by atoms with van der Waals surface area (Å²) in [6.07, 6.45) is 5.95. The average Bonchev–Trinajstić information content (AvgIpc) is 3.28. The van der Waals surface area contributed by atoms with Crippen molar-refractivity contribution in [1.29, 1.82) is 0 Å². The lowest BCUT2D eigenvalue weighted by atomic mass is 10.1. The van der Waals surface area contributed by atoms with Crippen LogP contribution in [0.1, 0.15) is 24.5 Å². The van der Waals surface area contributed by atoms with E-state index in [9.17, 15) is 4.39 Å². The molecule has 0 saturated heterocycles. The molecular weight excluding hydrogens is 265 g/mol. The second-order valence-corrected chi connectivity index (χ2v) is 5.35. The lowest BCUT2D eigenvalue weighted by Crippen LogP contribution is -1.99. The van der Waals surface area contributed by atoms with E-state index in [0.717, 1.165) is 22.6 Å². The van der Waals surface area contributed by atoms with Crippen molar-refractivity contribution in [3.63, 3.8) is 0 Å². The van der Waals surface area contributed by atoms with Crippen LogP contribution in [0.2, 0.25) is 0 Å². The van der Waals surface area contributed by atoms with Crippen molar-refractivity contribution in [2.45, 2.75) is 18.8 Å². The summed E-state index contributed by atoms with van der Waals surface area (Å²) in [6, 6.07) is 12.5. The first kappa shape index (κ1) is 12.3. The van der Waals surface area contributed by atoms with Crippen molar-refractivity contribution in [3.05, 3.63) is 66.4 Å². The van der Waals surface area contributed by atoms with Crippen molar-refractivity contribution >= 4 is 0 Å². The molecule has 0 amide bonds. The van der Waals surface area contributed by atoms with Crippen molar-refractivity contribution in [2.75, 3.05) is 0 Å². The van der Waals surface area contributed by atoms with Gasteiger partial charge in [-0.05, 0) is 55.3 Å². The van der Waals surface area contributed by atoms with Crippen LogP contribution in [0.25, 0.3) is 16.9 Å². The molecule has 1 aromatic carbocycles. The fourth-order valence-corrected chi connectivity index (χ4v) is 2.49. The molecule has 0 bridgehead atoms. The molecule has 4 heteroatoms. The van der Waals surface area contributed by atoms with E-state index in [1.165, 1.54) is 25.0 Å². The standard InChI is InChI=1S/C17H14FN3/c18-14-3-5-15(6-4-14)21-17(13-7-9-19-10-8-13)11-16(20-21)12-1-2-12/h3-12H,1-2H2. The van der Waals surface area contributed by atoms with Crippen molar-refractivity contribution in [2.24, 2.45) is 0 Å². The zero-order valence-corrected chi connectivity index (χ0v) is 11.4. The third kappa shape index (κ3) is 2.33. The summed E-state index contributed by atoms with van der Waals surface area (Å²) in [5, 5.41) is 4.72. The molecule has 3 aromatic rings. The van der Waals surface area contributed by atoms with Gasteiger partial charge in [-0.25, -0.2) is 9.07 Å². The van der Waals surface area contributed by atoms with E-state index >= 15 is 0 Å². The fourth-order valence-electron chi connectivity index (χ4n) is 2.49. The Bertz CT molecular complexity index is 758. The maximum absolute atomic E-state index is 13.1. The molecule has 0 spiro atoms. The van der Waals surface area contributed by atoms with Crippen LogP contribution >= 0.6 is 0 Å². The minimum Gasteiger partial charge on any atom is -0.265 e. The fraction of sp³-hybridized carbons (Fsp3) is 0.176. The number of rotatable bonds is 3. The quantitative estimate of drug-likeness (QED) is 0.726. The summed E-state index contributed by atoms with van der Waals surface area (Å²) >= 11 is 0. The van der Waals surface area contributed by atoms with E-state index in [2.05, 4.69) is 11.1 Å². The Morgan fingerprint density at radius 1 is 1.00 bits per heavy atom. The van der Waals surface area contributed by atoms with Crippen LogP contribution in [0.3, 0.4) is 0 Å². The third-order valence-electron chi connectivity index (χ3n) is 3.77. The molecule has 0 atom stereocenters. The van der Waals surface area contributed by atoms with Gasteiger partial charge in [0, 0.05) is 23.9 Å². The van der Waals surface area contributed by atoms with E-state index in [4.69, 9.17) is 5.10 Å². The van der Waals surface area contributed by atoms with E-state index in [1.54, 1.807) is 24.5 Å². The first-order valence-electron chi connectivity index (χ1n) is 7.07. The van der Waals surface area contributed by atoms with Gasteiger partial charge in [0.25, 0.3) is 0 Å². The van der Waals surface area contributed by atoms with Gasteiger partial charge in [-0.15, -0.1) is 0 Å². The average molecular weight is 279 g/mol. The normalized spacial score (nSPS) is 14.3. The molecule has 2 aromatic heterocycles. The lowest BCUT2D eigenvalue weighted by Gasteiger charge is -2.07. The van der Waals surface area contributed by atoms with Gasteiger partial charge < -0.3 is 0 Å². The summed E-state index contributed by atoms with van der Waals surface area (Å²) < 4.78 is 15.0. The predicted molar refractivity (Wildman–Crippen MR) is 78.7 cm³/mol. The van der Waals surface area contributed by atoms with Gasteiger partial charge >= 0.3 is 0 Å². The Morgan fingerprint density at radius 3 is 2.38 bits per heavy atom. The van der Waals surface area contributed by atoms with Crippen molar-refractivity contribution in [1.82, 2.24) is 14.8 Å². The SMILES string of the molecule is Fc1ccc(-n2nc(C3CC3)cc2-c2ccncc2)cc1. The van der Waals surface area contributed by atoms with E-state index in [1.807, 2.05) is 16.8 Å². The molecule has 3 nitrogen and oxygen atoms in total. The Morgan fingerprint density at radius 2 is 1.71 bits per heavy atom. The molecule has 1 aliphatic rings. The maximum atomic E-state index is 13.1. The molecule has 0 N–H and O–H groups in total.